The summed E-state index contributed by atoms with van der Waals surface area (Å²) in [6, 6.07) is 0. The molecule has 1 aliphatic heterocycles. The van der Waals surface area contributed by atoms with Crippen LogP contribution in [0.25, 0.3) is 0 Å². The van der Waals surface area contributed by atoms with E-state index < -0.39 is 0 Å². The summed E-state index contributed by atoms with van der Waals surface area (Å²) in [4.78, 5) is 14.7. The maximum atomic E-state index is 12.7. The molecule has 32 heavy (non-hydrogen) atoms. The molecule has 0 atom stereocenters. The fourth-order valence-electron chi connectivity index (χ4n) is 4.33. The number of rotatable bonds is 10. The van der Waals surface area contributed by atoms with Gasteiger partial charge in [0, 0.05) is 31.6 Å². The van der Waals surface area contributed by atoms with Crippen LogP contribution in [0.1, 0.15) is 65.2 Å². The van der Waals surface area contributed by atoms with E-state index in [1.165, 1.54) is 17.6 Å². The van der Waals surface area contributed by atoms with E-state index in [9.17, 15) is 4.79 Å². The number of nitrogens with zero attached hydrogens (tertiary/aromatic N) is 1. The van der Waals surface area contributed by atoms with Crippen molar-refractivity contribution in [2.75, 3.05) is 26.2 Å². The minimum Gasteiger partial charge on any atom is -0.495 e. The van der Waals surface area contributed by atoms with E-state index in [0.29, 0.717) is 0 Å². The third kappa shape index (κ3) is 7.98. The van der Waals surface area contributed by atoms with Crippen LogP contribution in [0.3, 0.4) is 0 Å². The molecule has 3 aliphatic rings. The Morgan fingerprint density at radius 3 is 2.72 bits per heavy atom. The summed E-state index contributed by atoms with van der Waals surface area (Å²) in [5, 5.41) is 3.58. The maximum absolute atomic E-state index is 12.7. The number of piperidine rings is 1. The van der Waals surface area contributed by atoms with Gasteiger partial charge in [-0.25, -0.2) is 0 Å². The molecule has 1 N–H and O–H groups in total. The second-order valence-electron chi connectivity index (χ2n) is 9.14. The quantitative estimate of drug-likeness (QED) is 0.442. The zero-order valence-corrected chi connectivity index (χ0v) is 19.9. The molecule has 174 valence electrons. The highest BCUT2D eigenvalue weighted by molar-refractivity contribution is 5.96. The smallest absolute Gasteiger partial charge is 0.253 e. The number of hydrogen-bond donors (Lipinski definition) is 1. The number of nitrogens with one attached hydrogen (secondary N) is 1. The van der Waals surface area contributed by atoms with Gasteiger partial charge in [-0.05, 0) is 77.0 Å². The van der Waals surface area contributed by atoms with Gasteiger partial charge in [-0.2, -0.15) is 0 Å². The SMILES string of the molecule is CC(C)OC1=C(CCCCNCC2=CC=CC(C(=O)N3CCCCC3)=CC2)C=CC=CC1. The Kier molecular flexibility index (Phi) is 10.1. The Balaban J connectivity index is 1.36. The molecule has 0 aromatic rings. The van der Waals surface area contributed by atoms with Crippen LogP contribution in [-0.4, -0.2) is 43.1 Å². The van der Waals surface area contributed by atoms with Gasteiger partial charge in [0.15, 0.2) is 0 Å². The topological polar surface area (TPSA) is 41.6 Å². The van der Waals surface area contributed by atoms with Crippen LogP contribution in [0.2, 0.25) is 0 Å². The predicted octanol–water partition coefficient (Wildman–Crippen LogP) is 5.77. The summed E-state index contributed by atoms with van der Waals surface area (Å²) in [7, 11) is 0. The Hall–Kier alpha value is -2.33. The number of unbranched alkanes of at least 4 members (excludes halogenated alkanes) is 1. The van der Waals surface area contributed by atoms with Crippen molar-refractivity contribution in [3.63, 3.8) is 0 Å². The van der Waals surface area contributed by atoms with Crippen LogP contribution >= 0.6 is 0 Å². The summed E-state index contributed by atoms with van der Waals surface area (Å²) >= 11 is 0. The van der Waals surface area contributed by atoms with Crippen molar-refractivity contribution < 1.29 is 9.53 Å². The van der Waals surface area contributed by atoms with Crippen LogP contribution < -0.4 is 5.32 Å². The van der Waals surface area contributed by atoms with Crippen molar-refractivity contribution in [2.45, 2.75) is 71.3 Å². The van der Waals surface area contributed by atoms with E-state index in [-0.39, 0.29) is 12.0 Å². The highest BCUT2D eigenvalue weighted by atomic mass is 16.5. The van der Waals surface area contributed by atoms with Gasteiger partial charge in [0.05, 0.1) is 6.10 Å². The molecule has 1 saturated heterocycles. The van der Waals surface area contributed by atoms with Crippen molar-refractivity contribution in [3.05, 3.63) is 71.1 Å². The molecular formula is C28H40N2O2. The summed E-state index contributed by atoms with van der Waals surface area (Å²) in [6.45, 7) is 7.86. The van der Waals surface area contributed by atoms with Gasteiger partial charge in [0.2, 0.25) is 0 Å². The van der Waals surface area contributed by atoms with E-state index >= 15 is 0 Å². The van der Waals surface area contributed by atoms with Crippen molar-refractivity contribution in [1.29, 1.82) is 0 Å². The summed E-state index contributed by atoms with van der Waals surface area (Å²) < 4.78 is 6.03. The van der Waals surface area contributed by atoms with Crippen LogP contribution in [-0.2, 0) is 9.53 Å². The Labute approximate surface area is 194 Å². The van der Waals surface area contributed by atoms with Crippen molar-refractivity contribution in [3.8, 4) is 0 Å². The zero-order valence-electron chi connectivity index (χ0n) is 19.9. The van der Waals surface area contributed by atoms with Gasteiger partial charge < -0.3 is 15.0 Å². The second-order valence-corrected chi connectivity index (χ2v) is 9.14. The molecule has 2 aliphatic carbocycles. The molecule has 0 saturated carbocycles. The number of carbonyl (C=O) groups is 1. The lowest BCUT2D eigenvalue weighted by molar-refractivity contribution is -0.127. The molecule has 0 aromatic carbocycles. The lowest BCUT2D eigenvalue weighted by Crippen LogP contribution is -2.36. The largest absolute Gasteiger partial charge is 0.495 e. The van der Waals surface area contributed by atoms with E-state index in [4.69, 9.17) is 4.74 Å². The second kappa shape index (κ2) is 13.3. The fourth-order valence-corrected chi connectivity index (χ4v) is 4.33. The normalized spacial score (nSPS) is 19.0. The molecule has 0 aromatic heterocycles. The molecule has 1 heterocycles. The fraction of sp³-hybridized carbons (Fsp3) is 0.536. The van der Waals surface area contributed by atoms with E-state index in [1.54, 1.807) is 0 Å². The first-order chi connectivity index (χ1) is 15.6. The first-order valence-electron chi connectivity index (χ1n) is 12.4. The van der Waals surface area contributed by atoms with Crippen molar-refractivity contribution in [2.24, 2.45) is 0 Å². The molecule has 3 rings (SSSR count). The Morgan fingerprint density at radius 1 is 1.06 bits per heavy atom. The Bertz CT molecular complexity index is 805. The third-order valence-electron chi connectivity index (χ3n) is 6.07. The third-order valence-corrected chi connectivity index (χ3v) is 6.07. The lowest BCUT2D eigenvalue weighted by Gasteiger charge is -2.27. The molecule has 4 nitrogen and oxygen atoms in total. The Morgan fingerprint density at radius 2 is 1.91 bits per heavy atom. The summed E-state index contributed by atoms with van der Waals surface area (Å²) in [6.07, 6.45) is 25.6. The standard InChI is InChI=1S/C28H40N2O2/c1-23(2)32-27-16-6-3-5-13-25(27)14-7-8-19-29-22-24-12-11-15-26(18-17-24)28(31)30-20-9-4-10-21-30/h3,5-6,11-13,15,18,23,29H,4,7-10,14,16-17,19-22H2,1-2H3. The average molecular weight is 437 g/mol. The van der Waals surface area contributed by atoms with Gasteiger partial charge in [0.1, 0.15) is 5.76 Å². The molecule has 0 radical (unpaired) electrons. The minimum atomic E-state index is 0.196. The highest BCUT2D eigenvalue weighted by Gasteiger charge is 2.19. The van der Waals surface area contributed by atoms with Crippen LogP contribution in [0.15, 0.2) is 71.1 Å². The molecule has 0 spiro atoms. The monoisotopic (exact) mass is 436 g/mol. The van der Waals surface area contributed by atoms with Gasteiger partial charge >= 0.3 is 0 Å². The van der Waals surface area contributed by atoms with Gasteiger partial charge in [0.25, 0.3) is 5.91 Å². The number of hydrogen-bond acceptors (Lipinski definition) is 3. The van der Waals surface area contributed by atoms with Crippen LogP contribution in [0, 0.1) is 0 Å². The summed E-state index contributed by atoms with van der Waals surface area (Å²) in [5.41, 5.74) is 3.50. The maximum Gasteiger partial charge on any atom is 0.253 e. The summed E-state index contributed by atoms with van der Waals surface area (Å²) in [5.74, 6) is 1.32. The van der Waals surface area contributed by atoms with Crippen molar-refractivity contribution in [1.82, 2.24) is 10.2 Å². The molecule has 4 heteroatoms. The molecule has 0 bridgehead atoms. The van der Waals surface area contributed by atoms with Gasteiger partial charge in [-0.1, -0.05) is 48.1 Å². The first kappa shape index (κ1) is 24.3. The highest BCUT2D eigenvalue weighted by Crippen LogP contribution is 2.22. The van der Waals surface area contributed by atoms with Gasteiger partial charge in [-0.15, -0.1) is 0 Å². The first-order valence-corrected chi connectivity index (χ1v) is 12.4. The number of carbonyl (C=O) groups excluding carboxylic acids is 1. The van der Waals surface area contributed by atoms with E-state index in [2.05, 4.69) is 55.6 Å². The number of amides is 1. The van der Waals surface area contributed by atoms with Gasteiger partial charge in [-0.3, -0.25) is 4.79 Å². The van der Waals surface area contributed by atoms with Crippen molar-refractivity contribution >= 4 is 5.91 Å². The van der Waals surface area contributed by atoms with Crippen LogP contribution in [0.5, 0.6) is 0 Å². The zero-order chi connectivity index (χ0) is 22.6. The molecule has 1 fully saturated rings. The molecule has 0 unspecified atom stereocenters. The molecule has 1 amide bonds. The van der Waals surface area contributed by atoms with E-state index in [0.717, 1.165) is 82.5 Å². The molecular weight excluding hydrogens is 396 g/mol. The van der Waals surface area contributed by atoms with E-state index in [1.807, 2.05) is 17.1 Å². The number of ether oxygens (including phenoxy) is 1. The number of allylic oxidation sites excluding steroid dienone is 8. The predicted molar refractivity (Wildman–Crippen MR) is 133 cm³/mol. The minimum absolute atomic E-state index is 0.196. The average Bonchev–Trinajstić information content (AvgIpc) is 3.17. The lowest BCUT2D eigenvalue weighted by atomic mass is 10.1. The number of likely N-dealkylation sites (tertiary alicyclic amines) is 1. The van der Waals surface area contributed by atoms with Crippen LogP contribution in [0.4, 0.5) is 0 Å².